The molecule has 0 aromatic carbocycles. The summed E-state index contributed by atoms with van der Waals surface area (Å²) in [5, 5.41) is 7.73. The predicted octanol–water partition coefficient (Wildman–Crippen LogP) is 3.19. The van der Waals surface area contributed by atoms with Crippen LogP contribution in [-0.2, 0) is 6.54 Å². The molecule has 2 fully saturated rings. The summed E-state index contributed by atoms with van der Waals surface area (Å²) < 4.78 is 5.10. The Balaban J connectivity index is 1.55. The van der Waals surface area contributed by atoms with Crippen molar-refractivity contribution >= 4 is 0 Å². The summed E-state index contributed by atoms with van der Waals surface area (Å²) in [5.41, 5.74) is 1.68. The highest BCUT2D eigenvalue weighted by Crippen LogP contribution is 2.51. The number of rotatable bonds is 3. The number of hydrogen-bond donors (Lipinski definition) is 1. The quantitative estimate of drug-likeness (QED) is 0.873. The van der Waals surface area contributed by atoms with Crippen molar-refractivity contribution in [2.24, 2.45) is 5.41 Å². The highest BCUT2D eigenvalue weighted by molar-refractivity contribution is 5.06. The smallest absolute Gasteiger partial charge is 0.133 e. The van der Waals surface area contributed by atoms with Gasteiger partial charge in [-0.1, -0.05) is 24.4 Å². The Morgan fingerprint density at radius 2 is 2.18 bits per heavy atom. The van der Waals surface area contributed by atoms with Crippen LogP contribution in [0.5, 0.6) is 0 Å². The molecule has 3 nitrogen and oxygen atoms in total. The van der Waals surface area contributed by atoms with E-state index in [1.807, 2.05) is 13.0 Å². The molecular weight excluding hydrogens is 212 g/mol. The zero-order valence-electron chi connectivity index (χ0n) is 10.7. The zero-order valence-corrected chi connectivity index (χ0v) is 10.7. The second-order valence-corrected chi connectivity index (χ2v) is 5.82. The highest BCUT2D eigenvalue weighted by Gasteiger charge is 2.46. The van der Waals surface area contributed by atoms with E-state index >= 15 is 0 Å². The van der Waals surface area contributed by atoms with E-state index in [1.54, 1.807) is 0 Å². The van der Waals surface area contributed by atoms with Crippen LogP contribution in [0.15, 0.2) is 10.6 Å². The minimum atomic E-state index is 0.636. The van der Waals surface area contributed by atoms with Crippen molar-refractivity contribution in [1.82, 2.24) is 10.5 Å². The van der Waals surface area contributed by atoms with Crippen LogP contribution in [0.2, 0.25) is 0 Å². The summed E-state index contributed by atoms with van der Waals surface area (Å²) in [6.45, 7) is 2.81. The van der Waals surface area contributed by atoms with Gasteiger partial charge >= 0.3 is 0 Å². The van der Waals surface area contributed by atoms with E-state index in [-0.39, 0.29) is 0 Å². The molecule has 1 N–H and O–H groups in total. The summed E-state index contributed by atoms with van der Waals surface area (Å²) in [6.07, 6.45) is 9.95. The van der Waals surface area contributed by atoms with Gasteiger partial charge in [-0.15, -0.1) is 0 Å². The third kappa shape index (κ3) is 2.13. The first-order valence-corrected chi connectivity index (χ1v) is 6.94. The maximum absolute atomic E-state index is 5.10. The molecule has 0 saturated heterocycles. The maximum Gasteiger partial charge on any atom is 0.133 e. The molecule has 3 rings (SSSR count). The first kappa shape index (κ1) is 11.3. The van der Waals surface area contributed by atoms with Gasteiger partial charge in [0.2, 0.25) is 0 Å². The Morgan fingerprint density at radius 3 is 2.76 bits per heavy atom. The number of aromatic nitrogens is 1. The molecular formula is C14H22N2O. The zero-order chi connectivity index (χ0) is 11.7. The fourth-order valence-corrected chi connectivity index (χ4v) is 3.60. The van der Waals surface area contributed by atoms with Crippen LogP contribution in [0.25, 0.3) is 0 Å². The molecule has 1 heterocycles. The minimum absolute atomic E-state index is 0.636. The van der Waals surface area contributed by atoms with E-state index < -0.39 is 0 Å². The molecule has 3 heteroatoms. The average molecular weight is 234 g/mol. The van der Waals surface area contributed by atoms with Crippen molar-refractivity contribution < 1.29 is 4.52 Å². The molecule has 1 aromatic rings. The SMILES string of the molecule is Cc1cc(CNC2CCC23CCCCC3)no1. The third-order valence-electron chi connectivity index (χ3n) is 4.73. The van der Waals surface area contributed by atoms with Crippen LogP contribution in [-0.4, -0.2) is 11.2 Å². The second-order valence-electron chi connectivity index (χ2n) is 5.82. The lowest BCUT2D eigenvalue weighted by Crippen LogP contribution is -2.54. The third-order valence-corrected chi connectivity index (χ3v) is 4.73. The second kappa shape index (κ2) is 4.45. The monoisotopic (exact) mass is 234 g/mol. The number of hydrogen-bond acceptors (Lipinski definition) is 3. The Labute approximate surface area is 103 Å². The normalized spacial score (nSPS) is 27.0. The van der Waals surface area contributed by atoms with E-state index in [0.29, 0.717) is 5.41 Å². The fraction of sp³-hybridized carbons (Fsp3) is 0.786. The van der Waals surface area contributed by atoms with E-state index in [4.69, 9.17) is 4.52 Å². The lowest BCUT2D eigenvalue weighted by molar-refractivity contribution is 0.0218. The molecule has 0 radical (unpaired) electrons. The average Bonchev–Trinajstić information content (AvgIpc) is 2.75. The molecule has 2 aliphatic rings. The van der Waals surface area contributed by atoms with Gasteiger partial charge in [0, 0.05) is 18.7 Å². The summed E-state index contributed by atoms with van der Waals surface area (Å²) in [7, 11) is 0. The van der Waals surface area contributed by atoms with Gasteiger partial charge in [-0.3, -0.25) is 0 Å². The van der Waals surface area contributed by atoms with Crippen molar-refractivity contribution in [2.45, 2.75) is 64.5 Å². The van der Waals surface area contributed by atoms with Crippen LogP contribution in [0.4, 0.5) is 0 Å². The molecule has 2 saturated carbocycles. The van der Waals surface area contributed by atoms with Gasteiger partial charge in [0.15, 0.2) is 0 Å². The van der Waals surface area contributed by atoms with Gasteiger partial charge < -0.3 is 9.84 Å². The van der Waals surface area contributed by atoms with Crippen molar-refractivity contribution in [1.29, 1.82) is 0 Å². The predicted molar refractivity (Wildman–Crippen MR) is 66.6 cm³/mol. The molecule has 0 amide bonds. The summed E-state index contributed by atoms with van der Waals surface area (Å²) in [6, 6.07) is 2.75. The van der Waals surface area contributed by atoms with Crippen LogP contribution in [0.3, 0.4) is 0 Å². The van der Waals surface area contributed by atoms with E-state index in [1.165, 1.54) is 44.9 Å². The van der Waals surface area contributed by atoms with E-state index in [0.717, 1.165) is 24.0 Å². The van der Waals surface area contributed by atoms with Crippen LogP contribution in [0.1, 0.15) is 56.4 Å². The highest BCUT2D eigenvalue weighted by atomic mass is 16.5. The van der Waals surface area contributed by atoms with Crippen molar-refractivity contribution in [3.8, 4) is 0 Å². The maximum atomic E-state index is 5.10. The largest absolute Gasteiger partial charge is 0.361 e. The van der Waals surface area contributed by atoms with Gasteiger partial charge in [0.25, 0.3) is 0 Å². The minimum Gasteiger partial charge on any atom is -0.361 e. The Kier molecular flexibility index (Phi) is 2.95. The van der Waals surface area contributed by atoms with Gasteiger partial charge in [-0.25, -0.2) is 0 Å². The standard InChI is InChI=1S/C14H22N2O/c1-11-9-12(16-17-11)10-15-13-5-8-14(13)6-3-2-4-7-14/h9,13,15H,2-8,10H2,1H3. The number of nitrogens with one attached hydrogen (secondary N) is 1. The van der Waals surface area contributed by atoms with Gasteiger partial charge in [-0.05, 0) is 38.0 Å². The molecule has 1 aromatic heterocycles. The summed E-state index contributed by atoms with van der Waals surface area (Å²) >= 11 is 0. The lowest BCUT2D eigenvalue weighted by atomic mass is 9.57. The molecule has 2 aliphatic carbocycles. The topological polar surface area (TPSA) is 38.1 Å². The van der Waals surface area contributed by atoms with Crippen molar-refractivity contribution in [2.75, 3.05) is 0 Å². The summed E-state index contributed by atoms with van der Waals surface area (Å²) in [4.78, 5) is 0. The van der Waals surface area contributed by atoms with Gasteiger partial charge in [0.05, 0.1) is 5.69 Å². The van der Waals surface area contributed by atoms with Crippen LogP contribution < -0.4 is 5.32 Å². The molecule has 94 valence electrons. The first-order chi connectivity index (χ1) is 8.28. The van der Waals surface area contributed by atoms with Crippen molar-refractivity contribution in [3.63, 3.8) is 0 Å². The Hall–Kier alpha value is -0.830. The first-order valence-electron chi connectivity index (χ1n) is 6.94. The summed E-state index contributed by atoms with van der Waals surface area (Å²) in [5.74, 6) is 0.905. The fourth-order valence-electron chi connectivity index (χ4n) is 3.60. The van der Waals surface area contributed by atoms with Crippen molar-refractivity contribution in [3.05, 3.63) is 17.5 Å². The molecule has 0 bridgehead atoms. The molecule has 1 spiro atoms. The lowest BCUT2D eigenvalue weighted by Gasteiger charge is -2.52. The van der Waals surface area contributed by atoms with E-state index in [9.17, 15) is 0 Å². The van der Waals surface area contributed by atoms with E-state index in [2.05, 4.69) is 10.5 Å². The number of nitrogens with zero attached hydrogens (tertiary/aromatic N) is 1. The molecule has 1 unspecified atom stereocenters. The molecule has 1 atom stereocenters. The van der Waals surface area contributed by atoms with Gasteiger partial charge in [0.1, 0.15) is 5.76 Å². The molecule has 17 heavy (non-hydrogen) atoms. The van der Waals surface area contributed by atoms with Crippen LogP contribution >= 0.6 is 0 Å². The van der Waals surface area contributed by atoms with Crippen LogP contribution in [0, 0.1) is 12.3 Å². The van der Waals surface area contributed by atoms with Gasteiger partial charge in [-0.2, -0.15) is 0 Å². The Bertz CT molecular complexity index is 379. The molecule has 0 aliphatic heterocycles. The number of aryl methyl sites for hydroxylation is 1. The Morgan fingerprint density at radius 1 is 1.35 bits per heavy atom.